The van der Waals surface area contributed by atoms with Gasteiger partial charge < -0.3 is 15.2 Å². The Bertz CT molecular complexity index is 306. The van der Waals surface area contributed by atoms with E-state index >= 15 is 0 Å². The summed E-state index contributed by atoms with van der Waals surface area (Å²) < 4.78 is 4.92. The summed E-state index contributed by atoms with van der Waals surface area (Å²) in [7, 11) is 0. The van der Waals surface area contributed by atoms with Crippen LogP contribution in [-0.4, -0.2) is 34.7 Å². The van der Waals surface area contributed by atoms with Crippen molar-refractivity contribution in [3.8, 4) is 0 Å². The summed E-state index contributed by atoms with van der Waals surface area (Å²) in [5, 5.41) is 3.84. The number of rotatable bonds is 3. The Balaban J connectivity index is 1.88. The van der Waals surface area contributed by atoms with Gasteiger partial charge in [0.05, 0.1) is 6.04 Å². The van der Waals surface area contributed by atoms with E-state index in [9.17, 15) is 0 Å². The Hall–Kier alpha value is -0.940. The van der Waals surface area contributed by atoms with Crippen LogP contribution in [0.1, 0.15) is 37.0 Å². The molecule has 2 N–H and O–H groups in total. The van der Waals surface area contributed by atoms with E-state index in [-0.39, 0.29) is 6.04 Å². The van der Waals surface area contributed by atoms with Crippen LogP contribution in [0.4, 0.5) is 0 Å². The lowest BCUT2D eigenvalue weighted by Gasteiger charge is -2.27. The van der Waals surface area contributed by atoms with Crippen molar-refractivity contribution in [1.29, 1.82) is 0 Å². The largest absolute Gasteiger partial charge is 0.340 e. The highest BCUT2D eigenvalue weighted by atomic mass is 16.5. The molecule has 84 valence electrons. The lowest BCUT2D eigenvalue weighted by Crippen LogP contribution is -2.36. The van der Waals surface area contributed by atoms with E-state index < -0.39 is 0 Å². The average Bonchev–Trinajstić information content (AvgIpc) is 2.66. The lowest BCUT2D eigenvalue weighted by atomic mass is 10.1. The molecule has 2 heterocycles. The van der Waals surface area contributed by atoms with Crippen LogP contribution in [0, 0.1) is 6.92 Å². The SMILES string of the molecule is Cc1nc(C(N)CN2CCCCC2)no1. The molecule has 2 rings (SSSR count). The first-order valence-corrected chi connectivity index (χ1v) is 5.54. The van der Waals surface area contributed by atoms with Gasteiger partial charge in [-0.25, -0.2) is 0 Å². The minimum Gasteiger partial charge on any atom is -0.340 e. The molecule has 1 saturated heterocycles. The van der Waals surface area contributed by atoms with Crippen LogP contribution in [0.15, 0.2) is 4.52 Å². The quantitative estimate of drug-likeness (QED) is 0.801. The number of piperidine rings is 1. The number of hydrogen-bond donors (Lipinski definition) is 1. The van der Waals surface area contributed by atoms with Crippen molar-refractivity contribution in [3.63, 3.8) is 0 Å². The Morgan fingerprint density at radius 3 is 2.73 bits per heavy atom. The molecule has 1 fully saturated rings. The highest BCUT2D eigenvalue weighted by Crippen LogP contribution is 2.13. The number of likely N-dealkylation sites (tertiary alicyclic amines) is 1. The Labute approximate surface area is 89.6 Å². The zero-order chi connectivity index (χ0) is 10.7. The molecule has 1 aliphatic heterocycles. The van der Waals surface area contributed by atoms with Crippen LogP contribution < -0.4 is 5.73 Å². The molecule has 1 aliphatic rings. The molecular weight excluding hydrogens is 192 g/mol. The van der Waals surface area contributed by atoms with Crippen molar-refractivity contribution in [2.75, 3.05) is 19.6 Å². The van der Waals surface area contributed by atoms with Crippen LogP contribution in [0.5, 0.6) is 0 Å². The van der Waals surface area contributed by atoms with E-state index in [0.29, 0.717) is 11.7 Å². The summed E-state index contributed by atoms with van der Waals surface area (Å²) in [4.78, 5) is 6.52. The zero-order valence-corrected chi connectivity index (χ0v) is 9.15. The molecule has 1 unspecified atom stereocenters. The molecule has 0 spiro atoms. The van der Waals surface area contributed by atoms with Crippen LogP contribution in [0.25, 0.3) is 0 Å². The van der Waals surface area contributed by atoms with Crippen LogP contribution in [0.2, 0.25) is 0 Å². The van der Waals surface area contributed by atoms with Gasteiger partial charge in [-0.05, 0) is 25.9 Å². The third-order valence-corrected chi connectivity index (χ3v) is 2.78. The molecule has 0 amide bonds. The molecule has 15 heavy (non-hydrogen) atoms. The van der Waals surface area contributed by atoms with Gasteiger partial charge in [-0.2, -0.15) is 4.98 Å². The van der Waals surface area contributed by atoms with E-state index in [4.69, 9.17) is 10.3 Å². The number of nitrogens with two attached hydrogens (primary N) is 1. The topological polar surface area (TPSA) is 68.2 Å². The number of aryl methyl sites for hydroxylation is 1. The molecule has 5 heteroatoms. The van der Waals surface area contributed by atoms with E-state index in [2.05, 4.69) is 15.0 Å². The van der Waals surface area contributed by atoms with Crippen molar-refractivity contribution in [2.24, 2.45) is 5.73 Å². The highest BCUT2D eigenvalue weighted by molar-refractivity contribution is 4.93. The maximum atomic E-state index is 6.01. The zero-order valence-electron chi connectivity index (χ0n) is 9.15. The second kappa shape index (κ2) is 4.72. The van der Waals surface area contributed by atoms with E-state index in [1.807, 2.05) is 0 Å². The molecule has 1 atom stereocenters. The summed E-state index contributed by atoms with van der Waals surface area (Å²) in [6.07, 6.45) is 3.89. The fourth-order valence-corrected chi connectivity index (χ4v) is 1.97. The minimum absolute atomic E-state index is 0.124. The van der Waals surface area contributed by atoms with Crippen molar-refractivity contribution < 1.29 is 4.52 Å². The van der Waals surface area contributed by atoms with E-state index in [0.717, 1.165) is 19.6 Å². The molecule has 5 nitrogen and oxygen atoms in total. The van der Waals surface area contributed by atoms with E-state index in [1.165, 1.54) is 19.3 Å². The third kappa shape index (κ3) is 2.76. The van der Waals surface area contributed by atoms with Gasteiger partial charge in [-0.3, -0.25) is 0 Å². The molecule has 0 aliphatic carbocycles. The first-order chi connectivity index (χ1) is 7.25. The maximum absolute atomic E-state index is 6.01. The van der Waals surface area contributed by atoms with Crippen LogP contribution >= 0.6 is 0 Å². The monoisotopic (exact) mass is 210 g/mol. The predicted octanol–water partition coefficient (Wildman–Crippen LogP) is 0.864. The summed E-state index contributed by atoms with van der Waals surface area (Å²) >= 11 is 0. The molecule has 0 aromatic carbocycles. The summed E-state index contributed by atoms with van der Waals surface area (Å²) in [6.45, 7) is 4.90. The smallest absolute Gasteiger partial charge is 0.223 e. The van der Waals surface area contributed by atoms with E-state index in [1.54, 1.807) is 6.92 Å². The summed E-state index contributed by atoms with van der Waals surface area (Å²) in [5.41, 5.74) is 6.01. The second-order valence-electron chi connectivity index (χ2n) is 4.14. The van der Waals surface area contributed by atoms with Gasteiger partial charge in [0.15, 0.2) is 5.82 Å². The molecule has 1 aromatic rings. The Morgan fingerprint density at radius 1 is 1.40 bits per heavy atom. The van der Waals surface area contributed by atoms with Gasteiger partial charge in [0.25, 0.3) is 0 Å². The van der Waals surface area contributed by atoms with Gasteiger partial charge in [-0.15, -0.1) is 0 Å². The van der Waals surface area contributed by atoms with Gasteiger partial charge in [0, 0.05) is 13.5 Å². The standard InChI is InChI=1S/C10H18N4O/c1-8-12-10(13-15-8)9(11)7-14-5-3-2-4-6-14/h9H,2-7,11H2,1H3. The normalized spacial score (nSPS) is 20.4. The fraction of sp³-hybridized carbons (Fsp3) is 0.800. The van der Waals surface area contributed by atoms with Gasteiger partial charge in [0.1, 0.15) is 0 Å². The van der Waals surface area contributed by atoms with Crippen LogP contribution in [0.3, 0.4) is 0 Å². The molecular formula is C10H18N4O. The fourth-order valence-electron chi connectivity index (χ4n) is 1.97. The minimum atomic E-state index is -0.124. The number of hydrogen-bond acceptors (Lipinski definition) is 5. The molecule has 0 bridgehead atoms. The van der Waals surface area contributed by atoms with Crippen molar-refractivity contribution in [1.82, 2.24) is 15.0 Å². The Morgan fingerprint density at radius 2 is 2.13 bits per heavy atom. The summed E-state index contributed by atoms with van der Waals surface area (Å²) in [5.74, 6) is 1.21. The average molecular weight is 210 g/mol. The van der Waals surface area contributed by atoms with Gasteiger partial charge in [0.2, 0.25) is 5.89 Å². The van der Waals surface area contributed by atoms with Crippen molar-refractivity contribution >= 4 is 0 Å². The second-order valence-corrected chi connectivity index (χ2v) is 4.14. The van der Waals surface area contributed by atoms with Crippen molar-refractivity contribution in [3.05, 3.63) is 11.7 Å². The highest BCUT2D eigenvalue weighted by Gasteiger charge is 2.18. The first-order valence-electron chi connectivity index (χ1n) is 5.54. The van der Waals surface area contributed by atoms with Gasteiger partial charge >= 0.3 is 0 Å². The first kappa shape index (κ1) is 10.6. The molecule has 0 saturated carbocycles. The lowest BCUT2D eigenvalue weighted by molar-refractivity contribution is 0.213. The number of nitrogens with zero attached hydrogens (tertiary/aromatic N) is 3. The number of aromatic nitrogens is 2. The maximum Gasteiger partial charge on any atom is 0.223 e. The summed E-state index contributed by atoms with van der Waals surface area (Å²) in [6, 6.07) is -0.124. The van der Waals surface area contributed by atoms with Crippen LogP contribution in [-0.2, 0) is 0 Å². The molecule has 0 radical (unpaired) electrons. The third-order valence-electron chi connectivity index (χ3n) is 2.78. The van der Waals surface area contributed by atoms with Gasteiger partial charge in [-0.1, -0.05) is 11.6 Å². The molecule has 1 aromatic heterocycles. The predicted molar refractivity (Wildman–Crippen MR) is 56.3 cm³/mol. The van der Waals surface area contributed by atoms with Crippen molar-refractivity contribution in [2.45, 2.75) is 32.2 Å². The Kier molecular flexibility index (Phi) is 3.33.